The number of carbonyl (C=O) groups is 3. The minimum absolute atomic E-state index is 0.0170. The fourth-order valence-electron chi connectivity index (χ4n) is 8.05. The fourth-order valence-corrected chi connectivity index (χ4v) is 8.05. The van der Waals surface area contributed by atoms with E-state index in [0.717, 1.165) is 31.4 Å². The predicted molar refractivity (Wildman–Crippen MR) is 158 cm³/mol. The lowest BCUT2D eigenvalue weighted by atomic mass is 9.66. The highest BCUT2D eigenvalue weighted by Gasteiger charge is 2.78. The number of amides is 3. The first-order valence-corrected chi connectivity index (χ1v) is 15.3. The molecule has 5 rings (SSSR count). The van der Waals surface area contributed by atoms with Gasteiger partial charge in [0.2, 0.25) is 17.7 Å². The van der Waals surface area contributed by atoms with E-state index in [2.05, 4.69) is 13.2 Å². The summed E-state index contributed by atoms with van der Waals surface area (Å²) in [6.07, 6.45) is 10.9. The highest BCUT2D eigenvalue weighted by Crippen LogP contribution is 2.63. The topological polar surface area (TPSA) is 90.4 Å². The van der Waals surface area contributed by atoms with E-state index in [9.17, 15) is 19.5 Å². The van der Waals surface area contributed by atoms with Crippen molar-refractivity contribution in [3.05, 3.63) is 55.6 Å². The monoisotopic (exact) mass is 563 g/mol. The Hall–Kier alpha value is -2.97. The van der Waals surface area contributed by atoms with Gasteiger partial charge in [0.15, 0.2) is 0 Å². The van der Waals surface area contributed by atoms with Crippen molar-refractivity contribution in [2.45, 2.75) is 88.0 Å². The van der Waals surface area contributed by atoms with Crippen LogP contribution in [0.4, 0.5) is 5.69 Å². The maximum Gasteiger partial charge on any atom is 0.248 e. The van der Waals surface area contributed by atoms with Gasteiger partial charge in [-0.25, -0.2) is 0 Å². The van der Waals surface area contributed by atoms with Gasteiger partial charge in [-0.05, 0) is 57.6 Å². The number of anilines is 1. The lowest BCUT2D eigenvalue weighted by Crippen LogP contribution is -2.58. The van der Waals surface area contributed by atoms with Gasteiger partial charge >= 0.3 is 0 Å². The van der Waals surface area contributed by atoms with Gasteiger partial charge in [-0.2, -0.15) is 0 Å². The first kappa shape index (κ1) is 29.5. The third kappa shape index (κ3) is 5.03. The number of hydrogen-bond acceptors (Lipinski definition) is 5. The normalized spacial score (nSPS) is 30.7. The van der Waals surface area contributed by atoms with Crippen molar-refractivity contribution in [1.29, 1.82) is 0 Å². The molecular weight excluding hydrogens is 518 g/mol. The molecule has 2 unspecified atom stereocenters. The van der Waals surface area contributed by atoms with E-state index in [1.807, 2.05) is 42.2 Å². The van der Waals surface area contributed by atoms with Crippen LogP contribution in [0.2, 0.25) is 0 Å². The number of carbonyl (C=O) groups excluding carboxylic acids is 3. The highest BCUT2D eigenvalue weighted by molar-refractivity contribution is 6.03. The lowest BCUT2D eigenvalue weighted by Gasteiger charge is -2.40. The number of fused-ring (bicyclic) bond motifs is 1. The van der Waals surface area contributed by atoms with Crippen LogP contribution < -0.4 is 4.90 Å². The summed E-state index contributed by atoms with van der Waals surface area (Å²) in [5, 5.41) is 9.47. The van der Waals surface area contributed by atoms with Crippen LogP contribution in [0.25, 0.3) is 0 Å². The van der Waals surface area contributed by atoms with E-state index >= 15 is 0 Å². The Labute approximate surface area is 244 Å². The number of likely N-dealkylation sites (tertiary alicyclic amines) is 1. The van der Waals surface area contributed by atoms with Crippen molar-refractivity contribution in [3.63, 3.8) is 0 Å². The highest BCUT2D eigenvalue weighted by atomic mass is 16.5. The zero-order valence-corrected chi connectivity index (χ0v) is 24.4. The molecule has 3 heterocycles. The van der Waals surface area contributed by atoms with E-state index in [1.54, 1.807) is 22.0 Å². The van der Waals surface area contributed by atoms with Crippen LogP contribution >= 0.6 is 0 Å². The molecule has 1 saturated carbocycles. The lowest BCUT2D eigenvalue weighted by molar-refractivity contribution is -0.153. The maximum atomic E-state index is 14.6. The maximum absolute atomic E-state index is 14.6. The van der Waals surface area contributed by atoms with Gasteiger partial charge in [0.25, 0.3) is 0 Å². The summed E-state index contributed by atoms with van der Waals surface area (Å²) in [7, 11) is 0. The minimum atomic E-state index is -1.06. The molecule has 4 fully saturated rings. The van der Waals surface area contributed by atoms with E-state index in [-0.39, 0.29) is 30.4 Å². The SMILES string of the molecule is C=CCN(C(=O)[C@H]1[C@H]2C(=O)N(CCCCO)C(C(=O)N(CC=C)C3CCCCC3)C23CC[C@]1(C)O3)c1ccccc1. The first-order chi connectivity index (χ1) is 19.8. The van der Waals surface area contributed by atoms with Crippen molar-refractivity contribution >= 4 is 23.4 Å². The van der Waals surface area contributed by atoms with Crippen LogP contribution in [0.1, 0.15) is 64.7 Å². The summed E-state index contributed by atoms with van der Waals surface area (Å²) in [6.45, 7) is 10.8. The molecular formula is C33H45N3O5. The molecule has 4 aliphatic rings. The van der Waals surface area contributed by atoms with Crippen LogP contribution in [0.15, 0.2) is 55.6 Å². The molecule has 0 radical (unpaired) electrons. The second-order valence-electron chi connectivity index (χ2n) is 12.3. The molecule has 41 heavy (non-hydrogen) atoms. The number of rotatable bonds is 12. The Kier molecular flexibility index (Phi) is 8.71. The first-order valence-electron chi connectivity index (χ1n) is 15.3. The fraction of sp³-hybridized carbons (Fsp3) is 0.606. The third-order valence-corrected chi connectivity index (χ3v) is 9.85. The van der Waals surface area contributed by atoms with Crippen molar-refractivity contribution in [3.8, 4) is 0 Å². The van der Waals surface area contributed by atoms with Crippen molar-refractivity contribution in [2.75, 3.05) is 31.1 Å². The number of aliphatic hydroxyl groups excluding tert-OH is 1. The number of unbranched alkanes of at least 4 members (excludes halogenated alkanes) is 1. The molecule has 1 aromatic rings. The average molecular weight is 564 g/mol. The van der Waals surface area contributed by atoms with Crippen LogP contribution in [0, 0.1) is 11.8 Å². The predicted octanol–water partition coefficient (Wildman–Crippen LogP) is 4.09. The number of aliphatic hydroxyl groups is 1. The van der Waals surface area contributed by atoms with Crippen LogP contribution in [0.3, 0.4) is 0 Å². The summed E-state index contributed by atoms with van der Waals surface area (Å²) < 4.78 is 6.87. The van der Waals surface area contributed by atoms with Crippen LogP contribution in [-0.2, 0) is 19.1 Å². The van der Waals surface area contributed by atoms with Crippen molar-refractivity contribution < 1.29 is 24.2 Å². The molecule has 1 aromatic carbocycles. The van der Waals surface area contributed by atoms with Crippen LogP contribution in [-0.4, -0.2) is 82.2 Å². The zero-order chi connectivity index (χ0) is 29.2. The molecule has 1 N–H and O–H groups in total. The Morgan fingerprint density at radius 2 is 1.76 bits per heavy atom. The van der Waals surface area contributed by atoms with E-state index in [1.165, 1.54) is 6.42 Å². The molecule has 5 atom stereocenters. The van der Waals surface area contributed by atoms with Gasteiger partial charge in [-0.15, -0.1) is 13.2 Å². The second-order valence-corrected chi connectivity index (χ2v) is 12.3. The Morgan fingerprint density at radius 1 is 1.05 bits per heavy atom. The molecule has 1 spiro atoms. The van der Waals surface area contributed by atoms with Gasteiger partial charge in [0.05, 0.1) is 17.4 Å². The summed E-state index contributed by atoms with van der Waals surface area (Å²) in [5.74, 6) is -1.91. The molecule has 8 nitrogen and oxygen atoms in total. The average Bonchev–Trinajstić information content (AvgIpc) is 3.55. The van der Waals surface area contributed by atoms with Gasteiger partial charge in [0, 0.05) is 38.0 Å². The number of ether oxygens (including phenoxy) is 1. The van der Waals surface area contributed by atoms with E-state index in [4.69, 9.17) is 4.74 Å². The molecule has 0 aromatic heterocycles. The zero-order valence-electron chi connectivity index (χ0n) is 24.4. The number of nitrogens with zero attached hydrogens (tertiary/aromatic N) is 3. The summed E-state index contributed by atoms with van der Waals surface area (Å²) >= 11 is 0. The van der Waals surface area contributed by atoms with E-state index < -0.39 is 29.1 Å². The smallest absolute Gasteiger partial charge is 0.248 e. The summed E-state index contributed by atoms with van der Waals surface area (Å²) in [6, 6.07) is 8.74. The van der Waals surface area contributed by atoms with Gasteiger partial charge in [-0.3, -0.25) is 14.4 Å². The van der Waals surface area contributed by atoms with Crippen LogP contribution in [0.5, 0.6) is 0 Å². The minimum Gasteiger partial charge on any atom is -0.396 e. The van der Waals surface area contributed by atoms with Gasteiger partial charge in [-0.1, -0.05) is 49.6 Å². The largest absolute Gasteiger partial charge is 0.396 e. The number of benzene rings is 1. The summed E-state index contributed by atoms with van der Waals surface area (Å²) in [5.41, 5.74) is -1.17. The Balaban J connectivity index is 1.54. The molecule has 3 aliphatic heterocycles. The molecule has 222 valence electrons. The molecule has 2 bridgehead atoms. The van der Waals surface area contributed by atoms with Gasteiger partial charge in [0.1, 0.15) is 11.6 Å². The third-order valence-electron chi connectivity index (χ3n) is 9.85. The number of para-hydroxylation sites is 1. The Bertz CT molecular complexity index is 1150. The van der Waals surface area contributed by atoms with Crippen molar-refractivity contribution in [1.82, 2.24) is 9.80 Å². The molecule has 3 amide bonds. The Morgan fingerprint density at radius 3 is 2.41 bits per heavy atom. The molecule has 1 aliphatic carbocycles. The van der Waals surface area contributed by atoms with Gasteiger partial charge < -0.3 is 24.5 Å². The van der Waals surface area contributed by atoms with Crippen molar-refractivity contribution in [2.24, 2.45) is 11.8 Å². The molecule has 3 saturated heterocycles. The molecule has 8 heteroatoms. The second kappa shape index (κ2) is 12.1. The van der Waals surface area contributed by atoms with E-state index in [0.29, 0.717) is 45.3 Å². The quantitative estimate of drug-likeness (QED) is 0.306. The standard InChI is InChI=1S/C33H45N3O5/c1-4-20-34(24-14-8-6-9-15-24)29(38)26-27-30(39)36(22-12-13-23-37)28(33(27)19-18-32(26,3)41-33)31(40)35(21-5-2)25-16-10-7-11-17-25/h4-6,8-9,14-15,25-28,37H,1-2,7,10-13,16-23H2,3H3/t26-,27+,28?,32+,33?/m1/s1. The summed E-state index contributed by atoms with van der Waals surface area (Å²) in [4.78, 5) is 48.8. The number of hydrogen-bond donors (Lipinski definition) is 1.